The van der Waals surface area contributed by atoms with Gasteiger partial charge in [0.05, 0.1) is 0 Å². The van der Waals surface area contributed by atoms with Crippen LogP contribution in [0.1, 0.15) is 18.4 Å². The van der Waals surface area contributed by atoms with Crippen molar-refractivity contribution in [2.24, 2.45) is 5.92 Å². The number of nitrogens with zero attached hydrogens (tertiary/aromatic N) is 3. The fourth-order valence-electron chi connectivity index (χ4n) is 1.38. The second-order valence-electron chi connectivity index (χ2n) is 3.85. The molecule has 0 N–H and O–H groups in total. The van der Waals surface area contributed by atoms with E-state index in [1.54, 1.807) is 0 Å². The van der Waals surface area contributed by atoms with Crippen LogP contribution in [0, 0.1) is 5.92 Å². The lowest BCUT2D eigenvalue weighted by Crippen LogP contribution is -2.22. The summed E-state index contributed by atoms with van der Waals surface area (Å²) in [5.41, 5.74) is 1.12. The van der Waals surface area contributed by atoms with Crippen LogP contribution in [0.25, 0.3) is 0 Å². The van der Waals surface area contributed by atoms with Crippen molar-refractivity contribution in [1.82, 2.24) is 9.97 Å². The van der Waals surface area contributed by atoms with E-state index in [1.807, 2.05) is 12.4 Å². The van der Waals surface area contributed by atoms with Gasteiger partial charge in [-0.2, -0.15) is 0 Å². The Bertz CT molecular complexity index is 295. The van der Waals surface area contributed by atoms with Gasteiger partial charge in [-0.05, 0) is 24.3 Å². The monoisotopic (exact) mass is 255 g/mol. The molecule has 1 aromatic rings. The van der Waals surface area contributed by atoms with Gasteiger partial charge in [0.25, 0.3) is 0 Å². The molecule has 4 heteroatoms. The average Bonchev–Trinajstić information content (AvgIpc) is 3.02. The number of aromatic nitrogens is 2. The number of halogens is 1. The third kappa shape index (κ3) is 2.44. The van der Waals surface area contributed by atoms with E-state index < -0.39 is 0 Å². The zero-order valence-corrected chi connectivity index (χ0v) is 9.87. The van der Waals surface area contributed by atoms with Crippen LogP contribution in [0.4, 0.5) is 5.95 Å². The molecule has 0 aliphatic heterocycles. The second-order valence-corrected chi connectivity index (χ2v) is 4.41. The van der Waals surface area contributed by atoms with E-state index in [-0.39, 0.29) is 0 Å². The van der Waals surface area contributed by atoms with Gasteiger partial charge in [0, 0.05) is 31.3 Å². The van der Waals surface area contributed by atoms with Crippen LogP contribution in [-0.4, -0.2) is 23.6 Å². The Kier molecular flexibility index (Phi) is 3.01. The number of alkyl halides is 1. The van der Waals surface area contributed by atoms with Crippen LogP contribution < -0.4 is 4.90 Å². The van der Waals surface area contributed by atoms with Crippen molar-refractivity contribution in [2.75, 3.05) is 18.5 Å². The molecular weight excluding hydrogens is 242 g/mol. The molecule has 1 aliphatic rings. The summed E-state index contributed by atoms with van der Waals surface area (Å²) in [5.74, 6) is 1.71. The second kappa shape index (κ2) is 4.26. The number of rotatable bonds is 4. The molecule has 1 heterocycles. The zero-order chi connectivity index (χ0) is 9.97. The van der Waals surface area contributed by atoms with E-state index in [0.29, 0.717) is 0 Å². The molecule has 76 valence electrons. The molecule has 0 bridgehead atoms. The molecule has 0 unspecified atom stereocenters. The van der Waals surface area contributed by atoms with Crippen LogP contribution in [0.15, 0.2) is 12.4 Å². The highest BCUT2D eigenvalue weighted by Crippen LogP contribution is 2.30. The average molecular weight is 256 g/mol. The van der Waals surface area contributed by atoms with E-state index >= 15 is 0 Å². The van der Waals surface area contributed by atoms with Crippen LogP contribution >= 0.6 is 15.9 Å². The summed E-state index contributed by atoms with van der Waals surface area (Å²) in [7, 11) is 2.06. The molecule has 0 amide bonds. The number of hydrogen-bond acceptors (Lipinski definition) is 3. The topological polar surface area (TPSA) is 29.0 Å². The summed E-state index contributed by atoms with van der Waals surface area (Å²) in [5, 5.41) is 0.819. The van der Waals surface area contributed by atoms with E-state index in [2.05, 4.69) is 37.8 Å². The van der Waals surface area contributed by atoms with Crippen LogP contribution in [0.5, 0.6) is 0 Å². The predicted octanol–water partition coefficient (Wildman–Crippen LogP) is 2.22. The van der Waals surface area contributed by atoms with Crippen molar-refractivity contribution in [3.8, 4) is 0 Å². The summed E-state index contributed by atoms with van der Waals surface area (Å²) < 4.78 is 0. The molecule has 0 saturated heterocycles. The van der Waals surface area contributed by atoms with E-state index in [0.717, 1.165) is 29.3 Å². The van der Waals surface area contributed by atoms with Crippen molar-refractivity contribution in [3.05, 3.63) is 18.0 Å². The lowest BCUT2D eigenvalue weighted by molar-refractivity contribution is 0.763. The summed E-state index contributed by atoms with van der Waals surface area (Å²) in [6.45, 7) is 1.09. The Morgan fingerprint density at radius 3 is 2.57 bits per heavy atom. The van der Waals surface area contributed by atoms with Crippen molar-refractivity contribution in [3.63, 3.8) is 0 Å². The van der Waals surface area contributed by atoms with E-state index in [1.165, 1.54) is 12.8 Å². The molecule has 14 heavy (non-hydrogen) atoms. The van der Waals surface area contributed by atoms with Gasteiger partial charge >= 0.3 is 0 Å². The summed E-state index contributed by atoms with van der Waals surface area (Å²) in [6, 6.07) is 0. The molecule has 1 saturated carbocycles. The predicted molar refractivity (Wildman–Crippen MR) is 60.7 cm³/mol. The number of hydrogen-bond donors (Lipinski definition) is 0. The van der Waals surface area contributed by atoms with Gasteiger partial charge in [-0.3, -0.25) is 0 Å². The highest BCUT2D eigenvalue weighted by molar-refractivity contribution is 9.08. The highest BCUT2D eigenvalue weighted by Gasteiger charge is 2.23. The van der Waals surface area contributed by atoms with Gasteiger partial charge in [-0.25, -0.2) is 9.97 Å². The van der Waals surface area contributed by atoms with Crippen LogP contribution in [0.3, 0.4) is 0 Å². The Balaban J connectivity index is 1.99. The Morgan fingerprint density at radius 2 is 2.07 bits per heavy atom. The first-order valence-corrected chi connectivity index (χ1v) is 6.00. The molecule has 2 rings (SSSR count). The Hall–Kier alpha value is -0.640. The fraction of sp³-hybridized carbons (Fsp3) is 0.600. The van der Waals surface area contributed by atoms with Crippen molar-refractivity contribution >= 4 is 21.9 Å². The minimum absolute atomic E-state index is 0.819. The zero-order valence-electron chi connectivity index (χ0n) is 8.28. The maximum Gasteiger partial charge on any atom is 0.225 e. The first-order valence-electron chi connectivity index (χ1n) is 4.87. The first-order chi connectivity index (χ1) is 6.79. The molecule has 0 spiro atoms. The van der Waals surface area contributed by atoms with Gasteiger partial charge in [-0.1, -0.05) is 15.9 Å². The van der Waals surface area contributed by atoms with Crippen molar-refractivity contribution in [1.29, 1.82) is 0 Å². The minimum Gasteiger partial charge on any atom is -0.344 e. The smallest absolute Gasteiger partial charge is 0.225 e. The van der Waals surface area contributed by atoms with Crippen LogP contribution in [-0.2, 0) is 5.33 Å². The summed E-state index contributed by atoms with van der Waals surface area (Å²) in [6.07, 6.45) is 6.48. The fourth-order valence-corrected chi connectivity index (χ4v) is 1.67. The molecular formula is C10H14BrN3. The lowest BCUT2D eigenvalue weighted by Gasteiger charge is -2.16. The Morgan fingerprint density at radius 1 is 1.43 bits per heavy atom. The van der Waals surface area contributed by atoms with E-state index in [9.17, 15) is 0 Å². The Labute approximate surface area is 92.7 Å². The van der Waals surface area contributed by atoms with Gasteiger partial charge in [0.1, 0.15) is 0 Å². The van der Waals surface area contributed by atoms with Crippen molar-refractivity contribution < 1.29 is 0 Å². The summed E-state index contributed by atoms with van der Waals surface area (Å²) >= 11 is 3.38. The van der Waals surface area contributed by atoms with Crippen molar-refractivity contribution in [2.45, 2.75) is 18.2 Å². The molecule has 0 radical (unpaired) electrons. The molecule has 0 aromatic carbocycles. The lowest BCUT2D eigenvalue weighted by atomic mass is 10.4. The maximum absolute atomic E-state index is 4.32. The van der Waals surface area contributed by atoms with Gasteiger partial charge < -0.3 is 4.90 Å². The normalized spacial score (nSPS) is 15.6. The molecule has 1 aromatic heterocycles. The number of anilines is 1. The van der Waals surface area contributed by atoms with Gasteiger partial charge in [-0.15, -0.1) is 0 Å². The standard InChI is InChI=1S/C10H14BrN3/c1-14(7-8-2-3-8)10-12-5-9(4-11)6-13-10/h5-6,8H,2-4,7H2,1H3. The molecule has 3 nitrogen and oxygen atoms in total. The molecule has 1 aliphatic carbocycles. The third-order valence-electron chi connectivity index (χ3n) is 2.42. The summed E-state index contributed by atoms with van der Waals surface area (Å²) in [4.78, 5) is 10.8. The quantitative estimate of drug-likeness (QED) is 0.773. The first kappa shape index (κ1) is 9.90. The molecule has 0 atom stereocenters. The molecule has 1 fully saturated rings. The largest absolute Gasteiger partial charge is 0.344 e. The third-order valence-corrected chi connectivity index (χ3v) is 3.06. The SMILES string of the molecule is CN(CC1CC1)c1ncc(CBr)cn1. The highest BCUT2D eigenvalue weighted by atomic mass is 79.9. The maximum atomic E-state index is 4.32. The van der Waals surface area contributed by atoms with Gasteiger partial charge in [0.2, 0.25) is 5.95 Å². The van der Waals surface area contributed by atoms with Gasteiger partial charge in [0.15, 0.2) is 0 Å². The van der Waals surface area contributed by atoms with Crippen LogP contribution in [0.2, 0.25) is 0 Å². The minimum atomic E-state index is 0.819. The van der Waals surface area contributed by atoms with E-state index in [4.69, 9.17) is 0 Å².